The molecule has 0 aromatic heterocycles. The summed E-state index contributed by atoms with van der Waals surface area (Å²) in [6, 6.07) is 18.2. The average molecular weight is 1000 g/mol. The van der Waals surface area contributed by atoms with E-state index in [9.17, 15) is 45.1 Å². The van der Waals surface area contributed by atoms with Gasteiger partial charge in [0.25, 0.3) is 0 Å². The first-order chi connectivity index (χ1) is 33.0. The molecule has 3 aromatic carbocycles. The molecule has 0 aliphatic carbocycles. The lowest BCUT2D eigenvalue weighted by Crippen LogP contribution is -2.42. The van der Waals surface area contributed by atoms with Crippen LogP contribution in [0.4, 0.5) is 16.2 Å². The summed E-state index contributed by atoms with van der Waals surface area (Å²) < 4.78 is 74.1. The van der Waals surface area contributed by atoms with Gasteiger partial charge in [0.05, 0.1) is 37.7 Å². The number of aryl methyl sites for hydroxylation is 3. The number of alkyl carbamates (subject to hydrolysis) is 1. The van der Waals surface area contributed by atoms with Crippen LogP contribution in [-0.4, -0.2) is 86.0 Å². The van der Waals surface area contributed by atoms with Gasteiger partial charge in [0.15, 0.2) is 5.78 Å². The van der Waals surface area contributed by atoms with E-state index < -0.39 is 60.6 Å². The molecule has 0 saturated heterocycles. The van der Waals surface area contributed by atoms with Crippen molar-refractivity contribution in [1.82, 2.24) is 10.6 Å². The van der Waals surface area contributed by atoms with Gasteiger partial charge in [0.1, 0.15) is 6.61 Å². The highest BCUT2D eigenvalue weighted by Gasteiger charge is 2.43. The normalized spacial score (nSPS) is 17.4. The number of hydrogen-bond acceptors (Lipinski definition) is 13. The summed E-state index contributed by atoms with van der Waals surface area (Å²) in [5.41, 5.74) is 13.3. The van der Waals surface area contributed by atoms with Crippen molar-refractivity contribution in [1.29, 1.82) is 0 Å². The summed E-state index contributed by atoms with van der Waals surface area (Å²) in [5.74, 6) is -2.12. The molecule has 0 fully saturated rings. The zero-order chi connectivity index (χ0) is 51.3. The van der Waals surface area contributed by atoms with E-state index in [1.165, 1.54) is 0 Å². The Morgan fingerprint density at radius 3 is 2.23 bits per heavy atom. The predicted octanol–water partition coefficient (Wildman–Crippen LogP) is 7.05. The number of Topliss-reactive ketones (excluding diaryl/α,β-unsaturated/α-hetero) is 1. The Labute approximate surface area is 412 Å². The van der Waals surface area contributed by atoms with Crippen LogP contribution in [0.2, 0.25) is 0 Å². The molecule has 18 heteroatoms. The van der Waals surface area contributed by atoms with Gasteiger partial charge >= 0.3 is 6.09 Å². The fraction of sp³-hybridized carbons (Fsp3) is 0.442. The number of carbonyl (C=O) groups excluding carboxylic acids is 4. The number of carbonyl (C=O) groups is 4. The Morgan fingerprint density at radius 2 is 1.53 bits per heavy atom. The van der Waals surface area contributed by atoms with Gasteiger partial charge in [0, 0.05) is 66.1 Å². The minimum absolute atomic E-state index is 0.00258. The summed E-state index contributed by atoms with van der Waals surface area (Å²) in [6.45, 7) is 10.7. The molecule has 2 aliphatic heterocycles. The molecule has 5 rings (SSSR count). The number of allylic oxidation sites excluding steroid dienone is 6. The number of nitrogens with one attached hydrogen (secondary N) is 2. The van der Waals surface area contributed by atoms with Gasteiger partial charge in [0.2, 0.25) is 11.8 Å². The molecular formula is C52H65N5O11S2-2. The molecule has 378 valence electrons. The van der Waals surface area contributed by atoms with Gasteiger partial charge in [-0.05, 0) is 106 Å². The van der Waals surface area contributed by atoms with Crippen molar-refractivity contribution in [2.75, 3.05) is 29.5 Å². The fourth-order valence-electron chi connectivity index (χ4n) is 9.03. The molecular weight excluding hydrogens is 935 g/mol. The van der Waals surface area contributed by atoms with Crippen LogP contribution in [0.25, 0.3) is 0 Å². The van der Waals surface area contributed by atoms with E-state index in [-0.39, 0.29) is 69.9 Å². The van der Waals surface area contributed by atoms with Crippen LogP contribution in [0.15, 0.2) is 102 Å². The number of benzene rings is 3. The van der Waals surface area contributed by atoms with Crippen molar-refractivity contribution in [2.24, 2.45) is 10.7 Å². The highest BCUT2D eigenvalue weighted by Crippen LogP contribution is 2.51. The Hall–Kier alpha value is -5.95. The van der Waals surface area contributed by atoms with Crippen LogP contribution >= 0.6 is 0 Å². The van der Waals surface area contributed by atoms with Crippen molar-refractivity contribution in [3.05, 3.63) is 130 Å². The van der Waals surface area contributed by atoms with Crippen molar-refractivity contribution >= 4 is 61.0 Å². The lowest BCUT2D eigenvalue weighted by atomic mass is 9.76. The number of primary amides is 1. The number of hydrogen-bond donors (Lipinski definition) is 3. The number of aliphatic imine (C=N–C) groups is 1. The average Bonchev–Trinajstić information content (AvgIpc) is 3.66. The van der Waals surface area contributed by atoms with Gasteiger partial charge in [-0.25, -0.2) is 21.6 Å². The van der Waals surface area contributed by atoms with E-state index in [0.29, 0.717) is 25.7 Å². The molecule has 0 bridgehead atoms. The van der Waals surface area contributed by atoms with Gasteiger partial charge in [-0.2, -0.15) is 0 Å². The summed E-state index contributed by atoms with van der Waals surface area (Å²) in [6.07, 6.45) is 10.9. The van der Waals surface area contributed by atoms with Crippen LogP contribution in [0.3, 0.4) is 0 Å². The van der Waals surface area contributed by atoms with Gasteiger partial charge in [-0.1, -0.05) is 97.8 Å². The summed E-state index contributed by atoms with van der Waals surface area (Å²) in [4.78, 5) is 57.4. The SMILES string of the molecule is Cc1cc(CCCS(=O)(=O)[O-])c2c(c1)C(C)(C)C(/C=C/C=C/C=C1\N(CCCS(=O)(=O)[O-])c3ccc(C)cc3C1(C)CCCC(=O)NCCCC(=O)[C@H](CCC(N)=O)NC(=O)OCc1ccccc1)=N2. The molecule has 3 amide bonds. The quantitative estimate of drug-likeness (QED) is 0.0415. The van der Waals surface area contributed by atoms with Gasteiger partial charge < -0.3 is 35.1 Å². The van der Waals surface area contributed by atoms with Crippen LogP contribution < -0.4 is 21.3 Å². The third-order valence-electron chi connectivity index (χ3n) is 12.7. The maximum Gasteiger partial charge on any atom is 0.408 e. The number of ether oxygens (including phenoxy) is 1. The molecule has 0 saturated carbocycles. The summed E-state index contributed by atoms with van der Waals surface area (Å²) >= 11 is 0. The lowest BCUT2D eigenvalue weighted by molar-refractivity contribution is -0.123. The zero-order valence-corrected chi connectivity index (χ0v) is 42.3. The highest BCUT2D eigenvalue weighted by molar-refractivity contribution is 7.85. The van der Waals surface area contributed by atoms with E-state index in [1.807, 2.05) is 85.5 Å². The molecule has 3 aromatic rings. The van der Waals surface area contributed by atoms with E-state index in [1.54, 1.807) is 12.1 Å². The molecule has 1 unspecified atom stereocenters. The molecule has 2 heterocycles. The van der Waals surface area contributed by atoms with Crippen molar-refractivity contribution in [3.63, 3.8) is 0 Å². The lowest BCUT2D eigenvalue weighted by Gasteiger charge is -2.30. The molecule has 16 nitrogen and oxygen atoms in total. The first-order valence-electron chi connectivity index (χ1n) is 23.6. The highest BCUT2D eigenvalue weighted by atomic mass is 32.2. The van der Waals surface area contributed by atoms with E-state index in [4.69, 9.17) is 15.5 Å². The predicted molar refractivity (Wildman–Crippen MR) is 269 cm³/mol. The first kappa shape index (κ1) is 55.0. The molecule has 4 N–H and O–H groups in total. The molecule has 2 atom stereocenters. The topological polar surface area (TPSA) is 258 Å². The van der Waals surface area contributed by atoms with Gasteiger partial charge in [-0.3, -0.25) is 19.4 Å². The molecule has 0 spiro atoms. The summed E-state index contributed by atoms with van der Waals surface area (Å²) in [5, 5.41) is 5.43. The number of rotatable bonds is 26. The zero-order valence-electron chi connectivity index (χ0n) is 40.6. The van der Waals surface area contributed by atoms with Crippen molar-refractivity contribution in [2.45, 2.75) is 122 Å². The van der Waals surface area contributed by atoms with E-state index in [2.05, 4.69) is 43.5 Å². The van der Waals surface area contributed by atoms with Gasteiger partial charge in [-0.15, -0.1) is 0 Å². The third kappa shape index (κ3) is 15.8. The fourth-order valence-corrected chi connectivity index (χ4v) is 10.0. The minimum atomic E-state index is -4.46. The standard InChI is InChI=1S/C52H67N5O11S2/c1-36-23-25-43-40(33-36)52(5,27-12-22-48(60)54-28-13-19-44(58)42(24-26-47(53)59)55-50(61)68-35-38-16-8-6-9-17-38)46(57(43)29-15-31-70(65,66)67)21-11-7-10-20-45-51(3,4)41-34-37(2)32-39(49(41)56-45)18-14-30-69(62,63)64/h6-11,16-17,20-21,23,25,32-34,42H,12-15,18-19,22,24,26-31,35H2,1-5H3,(H2,53,59)(H,54,60)(H,55,61)(H,62,63,64)(H,65,66,67)/p-2/b11-7+,20-10+,46-21-/t42-,52?/m0/s1. The van der Waals surface area contributed by atoms with Crippen LogP contribution in [0.5, 0.6) is 0 Å². The van der Waals surface area contributed by atoms with Crippen molar-refractivity contribution in [3.8, 4) is 0 Å². The van der Waals surface area contributed by atoms with Crippen LogP contribution in [-0.2, 0) is 63.2 Å². The second-order valence-corrected chi connectivity index (χ2v) is 21.8. The minimum Gasteiger partial charge on any atom is -0.748 e. The number of amides is 3. The molecule has 70 heavy (non-hydrogen) atoms. The smallest absolute Gasteiger partial charge is 0.408 e. The number of nitrogens with two attached hydrogens (primary N) is 1. The van der Waals surface area contributed by atoms with E-state index >= 15 is 0 Å². The first-order valence-corrected chi connectivity index (χ1v) is 26.7. The Bertz CT molecular complexity index is 2750. The summed E-state index contributed by atoms with van der Waals surface area (Å²) in [7, 11) is -8.79. The third-order valence-corrected chi connectivity index (χ3v) is 14.3. The van der Waals surface area contributed by atoms with Crippen LogP contribution in [0, 0.1) is 13.8 Å². The molecule has 0 radical (unpaired) electrons. The number of fused-ring (bicyclic) bond motifs is 2. The largest absolute Gasteiger partial charge is 0.748 e. The maximum absolute atomic E-state index is 13.2. The Kier molecular flexibility index (Phi) is 19.0. The Morgan fingerprint density at radius 1 is 0.829 bits per heavy atom. The number of ketones is 1. The van der Waals surface area contributed by atoms with Crippen LogP contribution in [0.1, 0.15) is 112 Å². The van der Waals surface area contributed by atoms with Crippen molar-refractivity contribution < 1.29 is 49.9 Å². The second kappa shape index (κ2) is 24.3. The second-order valence-electron chi connectivity index (χ2n) is 18.8. The maximum atomic E-state index is 13.2. The number of nitrogens with zero attached hydrogens (tertiary/aromatic N) is 2. The number of anilines is 1. The van der Waals surface area contributed by atoms with E-state index in [0.717, 1.165) is 56.2 Å². The molecule has 2 aliphatic rings. The monoisotopic (exact) mass is 999 g/mol. The Balaban J connectivity index is 1.25.